The average molecular weight is 310 g/mol. The Kier molecular flexibility index (Phi) is 11.5. The van der Waals surface area contributed by atoms with Crippen molar-refractivity contribution < 1.29 is 47.0 Å². The van der Waals surface area contributed by atoms with E-state index in [1.807, 2.05) is 19.9 Å². The maximum Gasteiger partial charge on any atom is 0.203 e. The Hall–Kier alpha value is -0.666. The summed E-state index contributed by atoms with van der Waals surface area (Å²) in [5.74, 6) is -0.913. The molecule has 0 saturated heterocycles. The van der Waals surface area contributed by atoms with Gasteiger partial charge in [0.15, 0.2) is 12.1 Å². The topological polar surface area (TPSA) is 43.4 Å². The van der Waals surface area contributed by atoms with Crippen LogP contribution < -0.4 is 0 Å². The first-order valence-electron chi connectivity index (χ1n) is 5.23. The summed E-state index contributed by atoms with van der Waals surface area (Å²) in [4.78, 5) is 22.1. The van der Waals surface area contributed by atoms with Crippen molar-refractivity contribution in [1.29, 1.82) is 0 Å². The number of ether oxygens (including phenoxy) is 1. The van der Waals surface area contributed by atoms with Gasteiger partial charge >= 0.3 is 0 Å². The number of Topliss-reactive ketones (excluding diaryl/α,β-unsaturated/α-hetero) is 1. The zero-order valence-corrected chi connectivity index (χ0v) is 13.3. The molecular formula is C13H17O3Y-. The van der Waals surface area contributed by atoms with Gasteiger partial charge < -0.3 is 4.74 Å². The second kappa shape index (κ2) is 10.5. The minimum Gasteiger partial charge on any atom is -0.477 e. The zero-order chi connectivity index (χ0) is 12.6. The van der Waals surface area contributed by atoms with Crippen LogP contribution in [-0.4, -0.2) is 17.9 Å². The van der Waals surface area contributed by atoms with Crippen LogP contribution in [0.15, 0.2) is 30.3 Å². The van der Waals surface area contributed by atoms with Gasteiger partial charge in [-0.3, -0.25) is 16.5 Å². The van der Waals surface area contributed by atoms with Crippen molar-refractivity contribution >= 4 is 11.8 Å². The molecule has 0 aliphatic rings. The third-order valence-electron chi connectivity index (χ3n) is 1.74. The third-order valence-corrected chi connectivity index (χ3v) is 1.74. The number of ketones is 1. The summed E-state index contributed by atoms with van der Waals surface area (Å²) in [7, 11) is 0. The molecule has 91 valence electrons. The predicted molar refractivity (Wildman–Crippen MR) is 63.0 cm³/mol. The predicted octanol–water partition coefficient (Wildman–Crippen LogP) is 2.66. The van der Waals surface area contributed by atoms with Crippen molar-refractivity contribution in [3.05, 3.63) is 42.8 Å². The van der Waals surface area contributed by atoms with Crippen LogP contribution in [0.2, 0.25) is 0 Å². The van der Waals surface area contributed by atoms with E-state index in [0.717, 1.165) is 0 Å². The summed E-state index contributed by atoms with van der Waals surface area (Å²) in [6, 6.07) is 8.68. The van der Waals surface area contributed by atoms with Crippen LogP contribution in [-0.2, 0) is 42.2 Å². The van der Waals surface area contributed by atoms with E-state index in [0.29, 0.717) is 5.56 Å². The molecule has 1 unspecified atom stereocenters. The molecule has 0 spiro atoms. The van der Waals surface area contributed by atoms with Crippen LogP contribution in [0, 0.1) is 6.92 Å². The molecule has 0 heterocycles. The van der Waals surface area contributed by atoms with E-state index in [1.54, 1.807) is 24.3 Å². The van der Waals surface area contributed by atoms with Gasteiger partial charge in [0.2, 0.25) is 5.78 Å². The van der Waals surface area contributed by atoms with Crippen molar-refractivity contribution in [3.8, 4) is 0 Å². The van der Waals surface area contributed by atoms with E-state index in [-0.39, 0.29) is 38.5 Å². The van der Waals surface area contributed by atoms with E-state index in [9.17, 15) is 9.59 Å². The SMILES string of the molecule is CC.[CH2-]C(=O)OC(C)C(=O)c1ccccc1.[Y]. The number of esters is 1. The molecule has 17 heavy (non-hydrogen) atoms. The minimum atomic E-state index is -0.776. The van der Waals surface area contributed by atoms with Crippen molar-refractivity contribution in [3.63, 3.8) is 0 Å². The third kappa shape index (κ3) is 7.29. The van der Waals surface area contributed by atoms with E-state index in [1.165, 1.54) is 6.92 Å². The van der Waals surface area contributed by atoms with Gasteiger partial charge in [-0.15, -0.1) is 0 Å². The molecule has 0 N–H and O–H groups in total. The van der Waals surface area contributed by atoms with Crippen LogP contribution >= 0.6 is 0 Å². The first-order chi connectivity index (χ1) is 7.61. The molecule has 0 aromatic heterocycles. The minimum absolute atomic E-state index is 0. The summed E-state index contributed by atoms with van der Waals surface area (Å²) < 4.78 is 4.67. The van der Waals surface area contributed by atoms with Gasteiger partial charge in [0, 0.05) is 38.3 Å². The molecule has 1 atom stereocenters. The molecule has 3 nitrogen and oxygen atoms in total. The maximum absolute atomic E-state index is 11.6. The summed E-state index contributed by atoms with van der Waals surface area (Å²) >= 11 is 0. The monoisotopic (exact) mass is 310 g/mol. The normalized spacial score (nSPS) is 10.1. The molecule has 0 bridgehead atoms. The van der Waals surface area contributed by atoms with Gasteiger partial charge in [-0.25, -0.2) is 0 Å². The fraction of sp³-hybridized carbons (Fsp3) is 0.308. The first-order valence-corrected chi connectivity index (χ1v) is 5.23. The van der Waals surface area contributed by atoms with Crippen LogP contribution in [0.4, 0.5) is 0 Å². The Morgan fingerprint density at radius 1 is 1.18 bits per heavy atom. The Labute approximate surface area is 128 Å². The largest absolute Gasteiger partial charge is 0.477 e. The number of carbonyl (C=O) groups excluding carboxylic acids is 2. The van der Waals surface area contributed by atoms with Crippen molar-refractivity contribution in [2.24, 2.45) is 0 Å². The smallest absolute Gasteiger partial charge is 0.203 e. The Balaban J connectivity index is 0. The molecule has 0 aliphatic heterocycles. The summed E-state index contributed by atoms with van der Waals surface area (Å²) in [5, 5.41) is 0. The molecule has 0 aliphatic carbocycles. The molecule has 0 fully saturated rings. The average Bonchev–Trinajstić information content (AvgIpc) is 2.31. The van der Waals surface area contributed by atoms with Gasteiger partial charge in [0.25, 0.3) is 0 Å². The zero-order valence-electron chi connectivity index (χ0n) is 10.5. The molecule has 1 radical (unpaired) electrons. The fourth-order valence-corrected chi connectivity index (χ4v) is 1.09. The van der Waals surface area contributed by atoms with Gasteiger partial charge in [-0.05, 0) is 6.92 Å². The van der Waals surface area contributed by atoms with E-state index in [4.69, 9.17) is 0 Å². The Bertz CT molecular complexity index is 336. The van der Waals surface area contributed by atoms with Crippen LogP contribution in [0.5, 0.6) is 0 Å². The first kappa shape index (κ1) is 18.7. The van der Waals surface area contributed by atoms with Crippen molar-refractivity contribution in [2.75, 3.05) is 0 Å². The molecule has 0 saturated carbocycles. The molecule has 4 heteroatoms. The number of benzene rings is 1. The van der Waals surface area contributed by atoms with E-state index < -0.39 is 12.1 Å². The summed E-state index contributed by atoms with van der Waals surface area (Å²) in [5.41, 5.74) is 0.529. The maximum atomic E-state index is 11.6. The number of carbonyl (C=O) groups is 2. The number of hydrogen-bond acceptors (Lipinski definition) is 3. The summed E-state index contributed by atoms with van der Waals surface area (Å²) in [6.07, 6.45) is -0.776. The molecule has 0 amide bonds. The Morgan fingerprint density at radius 2 is 1.65 bits per heavy atom. The van der Waals surface area contributed by atoms with E-state index in [2.05, 4.69) is 11.7 Å². The van der Waals surface area contributed by atoms with Gasteiger partial charge in [-0.1, -0.05) is 44.2 Å². The number of hydrogen-bond donors (Lipinski definition) is 0. The van der Waals surface area contributed by atoms with Gasteiger partial charge in [0.1, 0.15) is 0 Å². The second-order valence-electron chi connectivity index (χ2n) is 2.86. The van der Waals surface area contributed by atoms with Crippen LogP contribution in [0.3, 0.4) is 0 Å². The van der Waals surface area contributed by atoms with Gasteiger partial charge in [0.05, 0.1) is 0 Å². The van der Waals surface area contributed by atoms with Gasteiger partial charge in [-0.2, -0.15) is 0 Å². The van der Waals surface area contributed by atoms with Crippen molar-refractivity contribution in [1.82, 2.24) is 0 Å². The quantitative estimate of drug-likeness (QED) is 0.490. The molecule has 1 aromatic carbocycles. The second-order valence-corrected chi connectivity index (χ2v) is 2.86. The Morgan fingerprint density at radius 3 is 2.06 bits per heavy atom. The number of rotatable bonds is 3. The molecule has 1 rings (SSSR count). The van der Waals surface area contributed by atoms with Crippen molar-refractivity contribution in [2.45, 2.75) is 26.9 Å². The van der Waals surface area contributed by atoms with Crippen LogP contribution in [0.1, 0.15) is 31.1 Å². The molecular weight excluding hydrogens is 293 g/mol. The van der Waals surface area contributed by atoms with Crippen LogP contribution in [0.25, 0.3) is 0 Å². The summed E-state index contributed by atoms with van der Waals surface area (Å²) in [6.45, 7) is 8.57. The van der Waals surface area contributed by atoms with E-state index >= 15 is 0 Å². The standard InChI is InChI=1S/C11H11O3.C2H6.Y/c1-8(14-9(2)12)11(13)10-6-4-3-5-7-10;1-2;/h3-8H,2H2,1H3;1-2H3;/q-1;;. The fourth-order valence-electron chi connectivity index (χ4n) is 1.09. The molecule has 1 aromatic rings.